The summed E-state index contributed by atoms with van der Waals surface area (Å²) in [7, 11) is -4.08. The normalized spacial score (nSPS) is 24.6. The largest absolute Gasteiger partial charge is 0.478 e. The van der Waals surface area contributed by atoms with Gasteiger partial charge in [-0.25, -0.2) is 17.9 Å². The number of nitrogens with one attached hydrogen (secondary N) is 2. The molecule has 0 fully saturated rings. The molecule has 0 saturated heterocycles. The van der Waals surface area contributed by atoms with E-state index in [-0.39, 0.29) is 4.21 Å². The fourth-order valence-corrected chi connectivity index (χ4v) is 4.84. The van der Waals surface area contributed by atoms with E-state index in [2.05, 4.69) is 10.0 Å². The summed E-state index contributed by atoms with van der Waals surface area (Å²) in [6.45, 7) is 0.263. The Labute approximate surface area is 164 Å². The molecule has 156 valence electrons. The Kier molecular flexibility index (Phi) is 7.14. The van der Waals surface area contributed by atoms with Crippen LogP contribution >= 0.6 is 11.3 Å². The molecular formula is C15H20N2O9S2. The predicted molar refractivity (Wildman–Crippen MR) is 95.7 cm³/mol. The van der Waals surface area contributed by atoms with Gasteiger partial charge in [-0.2, -0.15) is 0 Å². The number of aliphatic hydroxyl groups excluding tert-OH is 3. The molecule has 0 saturated carbocycles. The van der Waals surface area contributed by atoms with Crippen LogP contribution in [0, 0.1) is 0 Å². The van der Waals surface area contributed by atoms with E-state index in [0.29, 0.717) is 0 Å². The van der Waals surface area contributed by atoms with Crippen molar-refractivity contribution in [2.75, 3.05) is 6.61 Å². The molecule has 13 heteroatoms. The van der Waals surface area contributed by atoms with Gasteiger partial charge in [-0.15, -0.1) is 11.3 Å². The molecule has 1 aliphatic rings. The summed E-state index contributed by atoms with van der Waals surface area (Å²) < 4.78 is 32.5. The van der Waals surface area contributed by atoms with Crippen molar-refractivity contribution in [3.63, 3.8) is 0 Å². The maximum Gasteiger partial charge on any atom is 0.370 e. The van der Waals surface area contributed by atoms with E-state index in [1.54, 1.807) is 0 Å². The number of aliphatic carboxylic acids is 1. The number of hydrogen-bond donors (Lipinski definition) is 6. The first-order valence-electron chi connectivity index (χ1n) is 7.98. The summed E-state index contributed by atoms with van der Waals surface area (Å²) in [6, 6.07) is 0.258. The molecule has 2 heterocycles. The number of sulfonamides is 1. The quantitative estimate of drug-likeness (QED) is 0.268. The SMILES string of the molecule is CC(=O)N[C@H]1[C@H]([C@H](O)C(O)CO)OC(C(=O)O)=C[C@@H]1NS(=O)(=O)c1cccs1. The van der Waals surface area contributed by atoms with Crippen LogP contribution in [-0.4, -0.2) is 77.7 Å². The molecule has 1 aromatic heterocycles. The number of hydrogen-bond acceptors (Lipinski definition) is 9. The van der Waals surface area contributed by atoms with Gasteiger partial charge in [-0.3, -0.25) is 4.79 Å². The second-order valence-electron chi connectivity index (χ2n) is 5.96. The first-order chi connectivity index (χ1) is 13.1. The molecule has 2 rings (SSSR count). The molecule has 28 heavy (non-hydrogen) atoms. The molecule has 1 unspecified atom stereocenters. The summed E-state index contributed by atoms with van der Waals surface area (Å²) in [5.74, 6) is -2.84. The van der Waals surface area contributed by atoms with E-state index < -0.39 is 64.7 Å². The van der Waals surface area contributed by atoms with Crippen LogP contribution in [0.1, 0.15) is 6.92 Å². The summed E-state index contributed by atoms with van der Waals surface area (Å²) in [4.78, 5) is 23.0. The average molecular weight is 436 g/mol. The maximum atomic E-state index is 12.6. The summed E-state index contributed by atoms with van der Waals surface area (Å²) in [5, 5.41) is 42.2. The summed E-state index contributed by atoms with van der Waals surface area (Å²) in [5.41, 5.74) is 0. The van der Waals surface area contributed by atoms with Gasteiger partial charge in [0.05, 0.1) is 18.7 Å². The first kappa shape index (κ1) is 22.3. The van der Waals surface area contributed by atoms with E-state index in [0.717, 1.165) is 24.3 Å². The number of carbonyl (C=O) groups is 2. The molecule has 1 aliphatic heterocycles. The van der Waals surface area contributed by atoms with Gasteiger partial charge in [-0.05, 0) is 17.5 Å². The maximum absolute atomic E-state index is 12.6. The van der Waals surface area contributed by atoms with Crippen LogP contribution in [0.15, 0.2) is 33.6 Å². The van der Waals surface area contributed by atoms with Crippen LogP contribution in [0.25, 0.3) is 0 Å². The van der Waals surface area contributed by atoms with Gasteiger partial charge in [-0.1, -0.05) is 6.07 Å². The third-order valence-electron chi connectivity index (χ3n) is 3.88. The van der Waals surface area contributed by atoms with Crippen molar-refractivity contribution in [2.24, 2.45) is 0 Å². The number of carbonyl (C=O) groups excluding carboxylic acids is 1. The van der Waals surface area contributed by atoms with Crippen molar-refractivity contribution in [3.05, 3.63) is 29.3 Å². The van der Waals surface area contributed by atoms with Crippen molar-refractivity contribution in [1.29, 1.82) is 0 Å². The number of rotatable bonds is 8. The molecule has 0 aromatic carbocycles. The zero-order chi connectivity index (χ0) is 21.1. The minimum atomic E-state index is -4.08. The Balaban J connectivity index is 2.46. The van der Waals surface area contributed by atoms with Crippen LogP contribution in [0.3, 0.4) is 0 Å². The zero-order valence-electron chi connectivity index (χ0n) is 14.5. The molecule has 5 atom stereocenters. The van der Waals surface area contributed by atoms with Gasteiger partial charge in [0.15, 0.2) is 0 Å². The third-order valence-corrected chi connectivity index (χ3v) is 6.74. The monoisotopic (exact) mass is 436 g/mol. The molecule has 0 spiro atoms. The van der Waals surface area contributed by atoms with Gasteiger partial charge in [0.25, 0.3) is 10.0 Å². The second kappa shape index (κ2) is 8.98. The summed E-state index contributed by atoms with van der Waals surface area (Å²) >= 11 is 0.928. The molecular weight excluding hydrogens is 416 g/mol. The average Bonchev–Trinajstić information content (AvgIpc) is 3.16. The van der Waals surface area contributed by atoms with Crippen LogP contribution in [0.4, 0.5) is 0 Å². The van der Waals surface area contributed by atoms with E-state index in [4.69, 9.17) is 9.84 Å². The van der Waals surface area contributed by atoms with Crippen molar-refractivity contribution in [3.8, 4) is 0 Å². The van der Waals surface area contributed by atoms with Crippen LogP contribution in [-0.2, 0) is 24.3 Å². The predicted octanol–water partition coefficient (Wildman–Crippen LogP) is -2.02. The summed E-state index contributed by atoms with van der Waals surface area (Å²) in [6.07, 6.45) is -4.15. The zero-order valence-corrected chi connectivity index (χ0v) is 16.2. The standard InChI is InChI=1S/C15H20N2O9S2/c1-7(19)16-12-8(17-28(24,25)11-3-2-4-27-11)5-10(15(22)23)26-14(12)13(21)9(20)6-18/h2-5,8-9,12-14,17-18,20-21H,6H2,1H3,(H,16,19)(H,22,23)/t8-,9?,12+,13+,14+/m0/s1. The van der Waals surface area contributed by atoms with Gasteiger partial charge in [0, 0.05) is 6.92 Å². The molecule has 1 amide bonds. The lowest BCUT2D eigenvalue weighted by Gasteiger charge is -2.39. The lowest BCUT2D eigenvalue weighted by molar-refractivity contribution is -0.146. The fraction of sp³-hybridized carbons (Fsp3) is 0.467. The van der Waals surface area contributed by atoms with E-state index in [1.165, 1.54) is 17.5 Å². The van der Waals surface area contributed by atoms with Crippen molar-refractivity contribution in [2.45, 2.75) is 41.5 Å². The molecule has 0 aliphatic carbocycles. The Morgan fingerprint density at radius 1 is 1.36 bits per heavy atom. The Hall–Kier alpha value is -2.03. The number of ether oxygens (including phenoxy) is 1. The molecule has 0 radical (unpaired) electrons. The number of thiophene rings is 1. The van der Waals surface area contributed by atoms with Crippen molar-refractivity contribution >= 4 is 33.2 Å². The lowest BCUT2D eigenvalue weighted by Crippen LogP contribution is -2.63. The van der Waals surface area contributed by atoms with Crippen molar-refractivity contribution in [1.82, 2.24) is 10.0 Å². The van der Waals surface area contributed by atoms with E-state index in [1.807, 2.05) is 0 Å². The van der Waals surface area contributed by atoms with E-state index >= 15 is 0 Å². The van der Waals surface area contributed by atoms with Gasteiger partial charge in [0.2, 0.25) is 11.7 Å². The number of carboxylic acid groups (broad SMARTS) is 1. The lowest BCUT2D eigenvalue weighted by atomic mass is 9.92. The molecule has 0 bridgehead atoms. The molecule has 1 aromatic rings. The van der Waals surface area contributed by atoms with Gasteiger partial charge < -0.3 is 30.5 Å². The first-order valence-corrected chi connectivity index (χ1v) is 10.3. The highest BCUT2D eigenvalue weighted by Gasteiger charge is 2.44. The topological polar surface area (TPSA) is 182 Å². The van der Waals surface area contributed by atoms with Gasteiger partial charge in [0.1, 0.15) is 22.5 Å². The number of aliphatic hydroxyl groups is 3. The Morgan fingerprint density at radius 2 is 2.04 bits per heavy atom. The van der Waals surface area contributed by atoms with Crippen LogP contribution < -0.4 is 10.0 Å². The van der Waals surface area contributed by atoms with Crippen LogP contribution in [0.2, 0.25) is 0 Å². The van der Waals surface area contributed by atoms with Crippen LogP contribution in [0.5, 0.6) is 0 Å². The van der Waals surface area contributed by atoms with E-state index in [9.17, 15) is 33.3 Å². The number of carboxylic acids is 1. The molecule has 11 nitrogen and oxygen atoms in total. The highest BCUT2D eigenvalue weighted by atomic mass is 32.2. The Morgan fingerprint density at radius 3 is 2.54 bits per heavy atom. The number of amides is 1. The van der Waals surface area contributed by atoms with Crippen molar-refractivity contribution < 1.29 is 43.2 Å². The third kappa shape index (κ3) is 5.06. The smallest absolute Gasteiger partial charge is 0.370 e. The van der Waals surface area contributed by atoms with Gasteiger partial charge >= 0.3 is 5.97 Å². The fourth-order valence-electron chi connectivity index (χ4n) is 2.63. The second-order valence-corrected chi connectivity index (χ2v) is 8.85. The Bertz CT molecular complexity index is 838. The minimum Gasteiger partial charge on any atom is -0.478 e. The molecule has 6 N–H and O–H groups in total. The highest BCUT2D eigenvalue weighted by Crippen LogP contribution is 2.25. The minimum absolute atomic E-state index is 0.0432. The highest BCUT2D eigenvalue weighted by molar-refractivity contribution is 7.91.